The van der Waals surface area contributed by atoms with Crippen molar-refractivity contribution in [3.05, 3.63) is 58.4 Å². The molecule has 2 aliphatic heterocycles. The molecule has 0 saturated carbocycles. The third-order valence-electron chi connectivity index (χ3n) is 4.82. The van der Waals surface area contributed by atoms with Gasteiger partial charge in [0, 0.05) is 37.6 Å². The van der Waals surface area contributed by atoms with Crippen molar-refractivity contribution in [1.29, 1.82) is 0 Å². The smallest absolute Gasteiger partial charge is 0.258 e. The quantitative estimate of drug-likeness (QED) is 0.880. The highest BCUT2D eigenvalue weighted by Gasteiger charge is 2.26. The van der Waals surface area contributed by atoms with Crippen LogP contribution in [0.5, 0.6) is 0 Å². The van der Waals surface area contributed by atoms with E-state index in [4.69, 9.17) is 11.6 Å². The van der Waals surface area contributed by atoms with Crippen LogP contribution in [0.15, 0.2) is 36.4 Å². The van der Waals surface area contributed by atoms with E-state index in [9.17, 15) is 14.0 Å². The molecular formula is C19H17ClFN3O2. The minimum atomic E-state index is -0.597. The first-order chi connectivity index (χ1) is 12.5. The van der Waals surface area contributed by atoms with Gasteiger partial charge in [-0.25, -0.2) is 4.39 Å². The second-order valence-corrected chi connectivity index (χ2v) is 6.85. The zero-order valence-corrected chi connectivity index (χ0v) is 14.7. The molecule has 2 aromatic carbocycles. The lowest BCUT2D eigenvalue weighted by Crippen LogP contribution is -2.49. The lowest BCUT2D eigenvalue weighted by molar-refractivity contribution is -0.115. The van der Waals surface area contributed by atoms with Crippen LogP contribution in [0.2, 0.25) is 5.02 Å². The first-order valence-corrected chi connectivity index (χ1v) is 8.82. The SMILES string of the molecule is O=C1Cc2cc(N3CCN(C(=O)c4c(F)cccc4Cl)CC3)ccc2N1. The lowest BCUT2D eigenvalue weighted by atomic mass is 10.1. The number of anilines is 2. The fourth-order valence-corrected chi connectivity index (χ4v) is 3.68. The van der Waals surface area contributed by atoms with Crippen LogP contribution in [0, 0.1) is 5.82 Å². The number of hydrogen-bond acceptors (Lipinski definition) is 3. The van der Waals surface area contributed by atoms with E-state index in [2.05, 4.69) is 10.2 Å². The van der Waals surface area contributed by atoms with Crippen molar-refractivity contribution in [2.45, 2.75) is 6.42 Å². The molecule has 1 fully saturated rings. The van der Waals surface area contributed by atoms with E-state index in [-0.39, 0.29) is 22.4 Å². The van der Waals surface area contributed by atoms with E-state index >= 15 is 0 Å². The van der Waals surface area contributed by atoms with Crippen molar-refractivity contribution in [3.63, 3.8) is 0 Å². The number of halogens is 2. The van der Waals surface area contributed by atoms with Crippen molar-refractivity contribution in [1.82, 2.24) is 4.90 Å². The average Bonchev–Trinajstić information content (AvgIpc) is 3.00. The molecule has 0 bridgehead atoms. The molecule has 4 rings (SSSR count). The molecule has 1 saturated heterocycles. The summed E-state index contributed by atoms with van der Waals surface area (Å²) in [5.74, 6) is -0.966. The summed E-state index contributed by atoms with van der Waals surface area (Å²) < 4.78 is 14.0. The van der Waals surface area contributed by atoms with Gasteiger partial charge in [0.15, 0.2) is 0 Å². The summed E-state index contributed by atoms with van der Waals surface area (Å²) in [7, 11) is 0. The van der Waals surface area contributed by atoms with Crippen molar-refractivity contribution in [2.24, 2.45) is 0 Å². The topological polar surface area (TPSA) is 52.7 Å². The minimum absolute atomic E-state index is 0.00864. The van der Waals surface area contributed by atoms with E-state index in [1.54, 1.807) is 4.90 Å². The minimum Gasteiger partial charge on any atom is -0.368 e. The third kappa shape index (κ3) is 3.01. The standard InChI is InChI=1S/C19H17ClFN3O2/c20-14-2-1-3-15(21)18(14)19(26)24-8-6-23(7-9-24)13-4-5-16-12(10-13)11-17(25)22-16/h1-5,10H,6-9,11H2,(H,22,25). The summed E-state index contributed by atoms with van der Waals surface area (Å²) in [4.78, 5) is 27.9. The number of fused-ring (bicyclic) bond motifs is 1. The second-order valence-electron chi connectivity index (χ2n) is 6.44. The summed E-state index contributed by atoms with van der Waals surface area (Å²) in [6, 6.07) is 10.1. The summed E-state index contributed by atoms with van der Waals surface area (Å²) in [6.07, 6.45) is 0.396. The molecule has 134 valence electrons. The van der Waals surface area contributed by atoms with Gasteiger partial charge in [-0.05, 0) is 35.9 Å². The van der Waals surface area contributed by atoms with Crippen molar-refractivity contribution >= 4 is 34.8 Å². The third-order valence-corrected chi connectivity index (χ3v) is 5.14. The molecule has 2 amide bonds. The fourth-order valence-electron chi connectivity index (χ4n) is 3.44. The van der Waals surface area contributed by atoms with Crippen LogP contribution in [0.3, 0.4) is 0 Å². The number of nitrogens with one attached hydrogen (secondary N) is 1. The fraction of sp³-hybridized carbons (Fsp3) is 0.263. The normalized spacial score (nSPS) is 16.5. The highest BCUT2D eigenvalue weighted by molar-refractivity contribution is 6.33. The molecule has 2 heterocycles. The Morgan fingerprint density at radius 3 is 2.62 bits per heavy atom. The summed E-state index contributed by atoms with van der Waals surface area (Å²) in [5, 5.41) is 2.95. The summed E-state index contributed by atoms with van der Waals surface area (Å²) in [6.45, 7) is 2.24. The maximum absolute atomic E-state index is 14.0. The molecule has 1 N–H and O–H groups in total. The first kappa shape index (κ1) is 16.8. The van der Waals surface area contributed by atoms with Gasteiger partial charge >= 0.3 is 0 Å². The molecule has 0 aliphatic carbocycles. The van der Waals surface area contributed by atoms with Crippen LogP contribution >= 0.6 is 11.6 Å². The second kappa shape index (κ2) is 6.61. The maximum atomic E-state index is 14.0. The monoisotopic (exact) mass is 373 g/mol. The van der Waals surface area contributed by atoms with Crippen LogP contribution in [0.1, 0.15) is 15.9 Å². The number of hydrogen-bond donors (Lipinski definition) is 1. The van der Waals surface area contributed by atoms with E-state index in [0.717, 1.165) is 16.9 Å². The molecule has 7 heteroatoms. The predicted molar refractivity (Wildman–Crippen MR) is 98.3 cm³/mol. The number of nitrogens with zero attached hydrogens (tertiary/aromatic N) is 2. The Bertz CT molecular complexity index is 874. The number of rotatable bonds is 2. The number of piperazine rings is 1. The highest BCUT2D eigenvalue weighted by atomic mass is 35.5. The molecule has 0 aromatic heterocycles. The predicted octanol–water partition coefficient (Wildman–Crippen LogP) is 2.94. The number of amides is 2. The van der Waals surface area contributed by atoms with Crippen molar-refractivity contribution < 1.29 is 14.0 Å². The molecule has 0 atom stereocenters. The first-order valence-electron chi connectivity index (χ1n) is 8.44. The Morgan fingerprint density at radius 2 is 1.88 bits per heavy atom. The number of carbonyl (C=O) groups excluding carboxylic acids is 2. The average molecular weight is 374 g/mol. The summed E-state index contributed by atoms with van der Waals surface area (Å²) in [5.41, 5.74) is 2.81. The Balaban J connectivity index is 1.45. The molecule has 0 spiro atoms. The van der Waals surface area contributed by atoms with E-state index in [1.807, 2.05) is 18.2 Å². The maximum Gasteiger partial charge on any atom is 0.258 e. The largest absolute Gasteiger partial charge is 0.368 e. The molecule has 0 unspecified atom stereocenters. The summed E-state index contributed by atoms with van der Waals surface area (Å²) >= 11 is 6.00. The van der Waals surface area contributed by atoms with E-state index < -0.39 is 5.82 Å². The van der Waals surface area contributed by atoms with Gasteiger partial charge in [-0.3, -0.25) is 9.59 Å². The zero-order chi connectivity index (χ0) is 18.3. The molecule has 26 heavy (non-hydrogen) atoms. The van der Waals surface area contributed by atoms with Crippen LogP contribution in [0.4, 0.5) is 15.8 Å². The van der Waals surface area contributed by atoms with Crippen molar-refractivity contribution in [3.8, 4) is 0 Å². The molecule has 2 aliphatic rings. The van der Waals surface area contributed by atoms with Gasteiger partial charge < -0.3 is 15.1 Å². The van der Waals surface area contributed by atoms with Gasteiger partial charge in [-0.2, -0.15) is 0 Å². The Hall–Kier alpha value is -2.60. The van der Waals surface area contributed by atoms with Gasteiger partial charge in [-0.15, -0.1) is 0 Å². The Labute approximate surface area is 155 Å². The Kier molecular flexibility index (Phi) is 4.28. The van der Waals surface area contributed by atoms with Gasteiger partial charge in [0.05, 0.1) is 17.0 Å². The van der Waals surface area contributed by atoms with E-state index in [1.165, 1.54) is 18.2 Å². The van der Waals surface area contributed by atoms with Gasteiger partial charge in [0.1, 0.15) is 5.82 Å². The van der Waals surface area contributed by atoms with Gasteiger partial charge in [-0.1, -0.05) is 17.7 Å². The van der Waals surface area contributed by atoms with Crippen LogP contribution in [-0.4, -0.2) is 42.9 Å². The van der Waals surface area contributed by atoms with Crippen LogP contribution in [-0.2, 0) is 11.2 Å². The molecule has 2 aromatic rings. The van der Waals surface area contributed by atoms with E-state index in [0.29, 0.717) is 32.6 Å². The molecule has 0 radical (unpaired) electrons. The molecular weight excluding hydrogens is 357 g/mol. The van der Waals surface area contributed by atoms with Gasteiger partial charge in [0.25, 0.3) is 5.91 Å². The number of benzene rings is 2. The number of carbonyl (C=O) groups is 2. The van der Waals surface area contributed by atoms with Crippen LogP contribution < -0.4 is 10.2 Å². The Morgan fingerprint density at radius 1 is 1.12 bits per heavy atom. The highest BCUT2D eigenvalue weighted by Crippen LogP contribution is 2.29. The lowest BCUT2D eigenvalue weighted by Gasteiger charge is -2.36. The van der Waals surface area contributed by atoms with Crippen molar-refractivity contribution in [2.75, 3.05) is 36.4 Å². The van der Waals surface area contributed by atoms with Crippen LogP contribution in [0.25, 0.3) is 0 Å². The van der Waals surface area contributed by atoms with Gasteiger partial charge in [0.2, 0.25) is 5.91 Å². The molecule has 5 nitrogen and oxygen atoms in total. The zero-order valence-electron chi connectivity index (χ0n) is 14.0.